The molecule has 1 amide bonds. The highest BCUT2D eigenvalue weighted by molar-refractivity contribution is 6.04. The summed E-state index contributed by atoms with van der Waals surface area (Å²) in [5.74, 6) is -0.904. The number of nitrogens with zero attached hydrogens (tertiary/aromatic N) is 2. The first-order valence-corrected chi connectivity index (χ1v) is 8.78. The van der Waals surface area contributed by atoms with Crippen LogP contribution < -0.4 is 4.74 Å². The summed E-state index contributed by atoms with van der Waals surface area (Å²) in [5, 5.41) is 0.783. The number of hydrogen-bond donors (Lipinski definition) is 0. The Kier molecular flexibility index (Phi) is 5.37. The number of fused-ring (bicyclic) bond motifs is 1. The molecule has 2 aromatic carbocycles. The highest BCUT2D eigenvalue weighted by atomic mass is 19.4. The molecule has 0 unspecified atom stereocenters. The number of halogens is 3. The SMILES string of the molecule is Cc1c(CC(=O)N(C)C)c2ccccc2n1C(=O)c1ccc(OC(F)(F)F)cc1. The summed E-state index contributed by atoms with van der Waals surface area (Å²) in [6.45, 7) is 1.75. The summed E-state index contributed by atoms with van der Waals surface area (Å²) in [5.41, 5.74) is 2.19. The van der Waals surface area contributed by atoms with Crippen molar-refractivity contribution >= 4 is 22.7 Å². The first kappa shape index (κ1) is 20.4. The number of likely N-dealkylation sites (N-methyl/N-ethyl adjacent to an activating group) is 1. The number of benzene rings is 2. The van der Waals surface area contributed by atoms with Gasteiger partial charge in [0.25, 0.3) is 5.91 Å². The maximum atomic E-state index is 13.1. The predicted molar refractivity (Wildman–Crippen MR) is 102 cm³/mol. The highest BCUT2D eigenvalue weighted by Crippen LogP contribution is 2.28. The van der Waals surface area contributed by atoms with E-state index in [4.69, 9.17) is 0 Å². The van der Waals surface area contributed by atoms with Crippen LogP contribution in [0.4, 0.5) is 13.2 Å². The molecule has 0 spiro atoms. The zero-order chi connectivity index (χ0) is 21.3. The largest absolute Gasteiger partial charge is 0.573 e. The Balaban J connectivity index is 2.02. The molecule has 1 heterocycles. The van der Waals surface area contributed by atoms with Gasteiger partial charge in [0.2, 0.25) is 5.91 Å². The summed E-state index contributed by atoms with van der Waals surface area (Å²) >= 11 is 0. The molecule has 0 aliphatic heterocycles. The van der Waals surface area contributed by atoms with E-state index in [1.807, 2.05) is 12.1 Å². The van der Waals surface area contributed by atoms with Crippen LogP contribution in [0.25, 0.3) is 10.9 Å². The van der Waals surface area contributed by atoms with E-state index in [0.29, 0.717) is 11.2 Å². The van der Waals surface area contributed by atoms with Crippen molar-refractivity contribution in [3.05, 3.63) is 65.4 Å². The number of ether oxygens (including phenoxy) is 1. The van der Waals surface area contributed by atoms with E-state index in [2.05, 4.69) is 4.74 Å². The average molecular weight is 404 g/mol. The van der Waals surface area contributed by atoms with E-state index in [9.17, 15) is 22.8 Å². The van der Waals surface area contributed by atoms with Crippen LogP contribution in [-0.2, 0) is 11.2 Å². The summed E-state index contributed by atoms with van der Waals surface area (Å²) < 4.78 is 42.3. The maximum Gasteiger partial charge on any atom is 0.573 e. The van der Waals surface area contributed by atoms with Crippen molar-refractivity contribution < 1.29 is 27.5 Å². The lowest BCUT2D eigenvalue weighted by molar-refractivity contribution is -0.274. The van der Waals surface area contributed by atoms with E-state index in [-0.39, 0.29) is 17.9 Å². The smallest absolute Gasteiger partial charge is 0.406 e. The lowest BCUT2D eigenvalue weighted by Gasteiger charge is -2.11. The van der Waals surface area contributed by atoms with E-state index < -0.39 is 18.0 Å². The third-order valence-electron chi connectivity index (χ3n) is 4.61. The second-order valence-electron chi connectivity index (χ2n) is 6.76. The van der Waals surface area contributed by atoms with Crippen LogP contribution in [0.1, 0.15) is 21.6 Å². The fourth-order valence-electron chi connectivity index (χ4n) is 3.16. The number of carbonyl (C=O) groups excluding carboxylic acids is 2. The lowest BCUT2D eigenvalue weighted by Crippen LogP contribution is -2.24. The zero-order valence-corrected chi connectivity index (χ0v) is 16.1. The van der Waals surface area contributed by atoms with Gasteiger partial charge in [0.15, 0.2) is 0 Å². The highest BCUT2D eigenvalue weighted by Gasteiger charge is 2.31. The van der Waals surface area contributed by atoms with Gasteiger partial charge < -0.3 is 9.64 Å². The minimum Gasteiger partial charge on any atom is -0.406 e. The molecule has 8 heteroatoms. The van der Waals surface area contributed by atoms with Crippen molar-refractivity contribution in [1.82, 2.24) is 9.47 Å². The Hall–Kier alpha value is -3.29. The first-order chi connectivity index (χ1) is 13.6. The van der Waals surface area contributed by atoms with Gasteiger partial charge in [0, 0.05) is 30.7 Å². The second kappa shape index (κ2) is 7.62. The molecule has 3 aromatic rings. The van der Waals surface area contributed by atoms with Crippen molar-refractivity contribution in [2.45, 2.75) is 19.7 Å². The monoisotopic (exact) mass is 404 g/mol. The molecular formula is C21H19F3N2O3. The van der Waals surface area contributed by atoms with Crippen LogP contribution in [0, 0.1) is 6.92 Å². The molecule has 1 aromatic heterocycles. The Morgan fingerprint density at radius 1 is 1.03 bits per heavy atom. The molecule has 0 atom stereocenters. The number of aromatic nitrogens is 1. The molecule has 0 N–H and O–H groups in total. The Morgan fingerprint density at radius 3 is 2.24 bits per heavy atom. The van der Waals surface area contributed by atoms with Crippen LogP contribution in [0.5, 0.6) is 5.75 Å². The van der Waals surface area contributed by atoms with E-state index >= 15 is 0 Å². The normalized spacial score (nSPS) is 11.5. The molecule has 0 saturated heterocycles. The third kappa shape index (κ3) is 4.26. The van der Waals surface area contributed by atoms with Crippen molar-refractivity contribution in [1.29, 1.82) is 0 Å². The Bertz CT molecular complexity index is 1070. The maximum absolute atomic E-state index is 13.1. The van der Waals surface area contributed by atoms with Gasteiger partial charge in [0.05, 0.1) is 11.9 Å². The molecule has 0 aliphatic rings. The average Bonchev–Trinajstić information content (AvgIpc) is 2.92. The zero-order valence-electron chi connectivity index (χ0n) is 16.1. The van der Waals surface area contributed by atoms with Gasteiger partial charge in [-0.3, -0.25) is 14.2 Å². The fourth-order valence-corrected chi connectivity index (χ4v) is 3.16. The van der Waals surface area contributed by atoms with Crippen molar-refractivity contribution in [2.24, 2.45) is 0 Å². The molecule has 152 valence electrons. The van der Waals surface area contributed by atoms with Gasteiger partial charge in [-0.25, -0.2) is 0 Å². The van der Waals surface area contributed by atoms with Crippen molar-refractivity contribution in [3.8, 4) is 5.75 Å². The number of hydrogen-bond acceptors (Lipinski definition) is 3. The number of carbonyl (C=O) groups is 2. The van der Waals surface area contributed by atoms with Gasteiger partial charge in [-0.2, -0.15) is 0 Å². The lowest BCUT2D eigenvalue weighted by atomic mass is 10.1. The van der Waals surface area contributed by atoms with Gasteiger partial charge in [-0.05, 0) is 42.8 Å². The van der Waals surface area contributed by atoms with Gasteiger partial charge in [-0.15, -0.1) is 13.2 Å². The molecule has 0 fully saturated rings. The molecule has 3 rings (SSSR count). The molecule has 0 radical (unpaired) electrons. The minimum absolute atomic E-state index is 0.0999. The number of amides is 1. The van der Waals surface area contributed by atoms with Gasteiger partial charge >= 0.3 is 6.36 Å². The third-order valence-corrected chi connectivity index (χ3v) is 4.61. The second-order valence-corrected chi connectivity index (χ2v) is 6.76. The van der Waals surface area contributed by atoms with Crippen molar-refractivity contribution in [3.63, 3.8) is 0 Å². The van der Waals surface area contributed by atoms with Crippen molar-refractivity contribution in [2.75, 3.05) is 14.1 Å². The van der Waals surface area contributed by atoms with Crippen LogP contribution in [-0.4, -0.2) is 41.7 Å². The quantitative estimate of drug-likeness (QED) is 0.656. The van der Waals surface area contributed by atoms with Crippen LogP contribution >= 0.6 is 0 Å². The van der Waals surface area contributed by atoms with Crippen LogP contribution in [0.2, 0.25) is 0 Å². The molecule has 29 heavy (non-hydrogen) atoms. The number of para-hydroxylation sites is 1. The first-order valence-electron chi connectivity index (χ1n) is 8.78. The van der Waals surface area contributed by atoms with Gasteiger partial charge in [-0.1, -0.05) is 18.2 Å². The summed E-state index contributed by atoms with van der Waals surface area (Å²) in [4.78, 5) is 26.8. The van der Waals surface area contributed by atoms with Crippen LogP contribution in [0.3, 0.4) is 0 Å². The molecule has 0 saturated carbocycles. The van der Waals surface area contributed by atoms with E-state index in [0.717, 1.165) is 23.1 Å². The Morgan fingerprint density at radius 2 is 1.66 bits per heavy atom. The van der Waals surface area contributed by atoms with Gasteiger partial charge in [0.1, 0.15) is 5.75 Å². The number of alkyl halides is 3. The fraction of sp³-hybridized carbons (Fsp3) is 0.238. The summed E-state index contributed by atoms with van der Waals surface area (Å²) in [6.07, 6.45) is -4.66. The summed E-state index contributed by atoms with van der Waals surface area (Å²) in [7, 11) is 3.32. The topological polar surface area (TPSA) is 51.5 Å². The molecule has 5 nitrogen and oxygen atoms in total. The predicted octanol–water partition coefficient (Wildman–Crippen LogP) is 4.17. The van der Waals surface area contributed by atoms with E-state index in [1.54, 1.807) is 33.2 Å². The van der Waals surface area contributed by atoms with Crippen LogP contribution in [0.15, 0.2) is 48.5 Å². The Labute approximate surface area is 165 Å². The van der Waals surface area contributed by atoms with E-state index in [1.165, 1.54) is 21.6 Å². The molecular weight excluding hydrogens is 385 g/mol. The number of rotatable bonds is 4. The minimum atomic E-state index is -4.80. The summed E-state index contributed by atoms with van der Waals surface area (Å²) in [6, 6.07) is 12.0. The molecule has 0 aliphatic carbocycles. The molecule has 0 bridgehead atoms. The standard InChI is InChI=1S/C21H19F3N2O3/c1-13-17(12-19(27)25(2)3)16-6-4-5-7-18(16)26(13)20(28)14-8-10-15(11-9-14)29-21(22,23)24/h4-11H,12H2,1-3H3.